The summed E-state index contributed by atoms with van der Waals surface area (Å²) < 4.78 is 6.21. The molecule has 1 heterocycles. The number of methoxy groups -OCH3 is 1. The molecule has 0 saturated carbocycles. The molecule has 15 heavy (non-hydrogen) atoms. The van der Waals surface area contributed by atoms with Crippen molar-refractivity contribution in [2.45, 2.75) is 0 Å². The minimum Gasteiger partial charge on any atom is -0.496 e. The maximum atomic E-state index is 5.24. The van der Waals surface area contributed by atoms with Gasteiger partial charge < -0.3 is 4.74 Å². The van der Waals surface area contributed by atoms with Gasteiger partial charge in [0.1, 0.15) is 5.75 Å². The Morgan fingerprint density at radius 2 is 1.80 bits per heavy atom. The van der Waals surface area contributed by atoms with Crippen molar-refractivity contribution in [1.29, 1.82) is 0 Å². The molecule has 0 saturated heterocycles. The third kappa shape index (κ3) is 2.18. The number of pyridine rings is 1. The van der Waals surface area contributed by atoms with E-state index in [-0.39, 0.29) is 0 Å². The molecule has 2 rings (SSSR count). The zero-order valence-electron chi connectivity index (χ0n) is 8.27. The smallest absolute Gasteiger partial charge is 0.133 e. The first-order valence-corrected chi connectivity index (χ1v) is 5.34. The van der Waals surface area contributed by atoms with Gasteiger partial charge in [0, 0.05) is 12.4 Å². The zero-order valence-corrected chi connectivity index (χ0v) is 9.86. The van der Waals surface area contributed by atoms with Crippen molar-refractivity contribution in [3.8, 4) is 16.9 Å². The van der Waals surface area contributed by atoms with Crippen LogP contribution < -0.4 is 4.74 Å². The van der Waals surface area contributed by atoms with Gasteiger partial charge in [-0.15, -0.1) is 0 Å². The molecule has 1 aromatic carbocycles. The fourth-order valence-electron chi connectivity index (χ4n) is 1.38. The van der Waals surface area contributed by atoms with E-state index in [1.165, 1.54) is 0 Å². The summed E-state index contributed by atoms with van der Waals surface area (Å²) >= 11 is 3.43. The van der Waals surface area contributed by atoms with Crippen LogP contribution in [0.15, 0.2) is 47.2 Å². The van der Waals surface area contributed by atoms with E-state index in [0.717, 1.165) is 21.3 Å². The zero-order chi connectivity index (χ0) is 10.7. The molecule has 0 aliphatic rings. The summed E-state index contributed by atoms with van der Waals surface area (Å²) in [6.45, 7) is 0. The lowest BCUT2D eigenvalue weighted by molar-refractivity contribution is 0.412. The van der Waals surface area contributed by atoms with E-state index in [4.69, 9.17) is 4.74 Å². The number of hydrogen-bond donors (Lipinski definition) is 0. The van der Waals surface area contributed by atoms with Crippen LogP contribution in [0.5, 0.6) is 5.75 Å². The summed E-state index contributed by atoms with van der Waals surface area (Å²) in [4.78, 5) is 3.99. The predicted molar refractivity (Wildman–Crippen MR) is 63.9 cm³/mol. The Labute approximate surface area is 97.1 Å². The van der Waals surface area contributed by atoms with Gasteiger partial charge in [0.05, 0.1) is 11.6 Å². The third-order valence-corrected chi connectivity index (χ3v) is 2.82. The Bertz CT molecular complexity index is 456. The first-order valence-electron chi connectivity index (χ1n) is 4.55. The lowest BCUT2D eigenvalue weighted by atomic mass is 10.1. The first-order chi connectivity index (χ1) is 7.31. The molecule has 0 N–H and O–H groups in total. The number of aromatic nitrogens is 1. The Kier molecular flexibility index (Phi) is 3.02. The van der Waals surface area contributed by atoms with Gasteiger partial charge in [0.25, 0.3) is 0 Å². The van der Waals surface area contributed by atoms with Crippen molar-refractivity contribution < 1.29 is 4.74 Å². The van der Waals surface area contributed by atoms with E-state index in [0.29, 0.717) is 0 Å². The predicted octanol–water partition coefficient (Wildman–Crippen LogP) is 3.52. The molecule has 0 radical (unpaired) electrons. The third-order valence-electron chi connectivity index (χ3n) is 2.16. The summed E-state index contributed by atoms with van der Waals surface area (Å²) in [6, 6.07) is 9.97. The Balaban J connectivity index is 2.46. The second-order valence-electron chi connectivity index (χ2n) is 3.09. The monoisotopic (exact) mass is 263 g/mol. The second-order valence-corrected chi connectivity index (χ2v) is 3.94. The maximum Gasteiger partial charge on any atom is 0.133 e. The van der Waals surface area contributed by atoms with E-state index >= 15 is 0 Å². The van der Waals surface area contributed by atoms with Gasteiger partial charge in [-0.3, -0.25) is 4.98 Å². The molecule has 0 spiro atoms. The summed E-state index contributed by atoms with van der Waals surface area (Å²) in [5, 5.41) is 0. The van der Waals surface area contributed by atoms with Gasteiger partial charge in [-0.1, -0.05) is 6.07 Å². The molecule has 1 aromatic heterocycles. The summed E-state index contributed by atoms with van der Waals surface area (Å²) in [5.74, 6) is 0.837. The molecule has 2 aromatic rings. The lowest BCUT2D eigenvalue weighted by Crippen LogP contribution is -1.85. The Morgan fingerprint density at radius 1 is 1.07 bits per heavy atom. The van der Waals surface area contributed by atoms with Crippen molar-refractivity contribution in [3.05, 3.63) is 47.2 Å². The molecule has 0 bridgehead atoms. The molecule has 0 unspecified atom stereocenters. The van der Waals surface area contributed by atoms with E-state index in [9.17, 15) is 0 Å². The summed E-state index contributed by atoms with van der Waals surface area (Å²) in [7, 11) is 1.66. The van der Waals surface area contributed by atoms with Crippen LogP contribution in [0.2, 0.25) is 0 Å². The lowest BCUT2D eigenvalue weighted by Gasteiger charge is -2.06. The highest BCUT2D eigenvalue weighted by Crippen LogP contribution is 2.30. The topological polar surface area (TPSA) is 22.1 Å². The molecule has 76 valence electrons. The standard InChI is InChI=1S/C12H10BrNO/c1-15-12-8-10(2-3-11(12)13)9-4-6-14-7-5-9/h2-8H,1H3. The molecular formula is C12H10BrNO. The quantitative estimate of drug-likeness (QED) is 0.827. The van der Waals surface area contributed by atoms with E-state index < -0.39 is 0 Å². The van der Waals surface area contributed by atoms with Crippen molar-refractivity contribution in [2.24, 2.45) is 0 Å². The first kappa shape index (κ1) is 10.2. The van der Waals surface area contributed by atoms with Gasteiger partial charge in [0.2, 0.25) is 0 Å². The number of hydrogen-bond acceptors (Lipinski definition) is 2. The van der Waals surface area contributed by atoms with Crippen molar-refractivity contribution >= 4 is 15.9 Å². The normalized spacial score (nSPS) is 10.0. The molecule has 2 nitrogen and oxygen atoms in total. The Morgan fingerprint density at radius 3 is 2.47 bits per heavy atom. The van der Waals surface area contributed by atoms with Crippen molar-refractivity contribution in [1.82, 2.24) is 4.98 Å². The van der Waals surface area contributed by atoms with Gasteiger partial charge >= 0.3 is 0 Å². The van der Waals surface area contributed by atoms with Gasteiger partial charge in [0.15, 0.2) is 0 Å². The fourth-order valence-corrected chi connectivity index (χ4v) is 1.79. The summed E-state index contributed by atoms with van der Waals surface area (Å²) in [6.07, 6.45) is 3.56. The van der Waals surface area contributed by atoms with Crippen LogP contribution in [0, 0.1) is 0 Å². The number of halogens is 1. The number of ether oxygens (including phenoxy) is 1. The molecule has 0 atom stereocenters. The molecule has 0 fully saturated rings. The highest BCUT2D eigenvalue weighted by molar-refractivity contribution is 9.10. The van der Waals surface area contributed by atoms with E-state index in [1.54, 1.807) is 19.5 Å². The van der Waals surface area contributed by atoms with Gasteiger partial charge in [-0.25, -0.2) is 0 Å². The Hall–Kier alpha value is -1.35. The van der Waals surface area contributed by atoms with Gasteiger partial charge in [-0.05, 0) is 51.3 Å². The average Bonchev–Trinajstić information content (AvgIpc) is 2.31. The van der Waals surface area contributed by atoms with Crippen molar-refractivity contribution in [3.63, 3.8) is 0 Å². The van der Waals surface area contributed by atoms with Crippen LogP contribution in [0.25, 0.3) is 11.1 Å². The second kappa shape index (κ2) is 4.45. The number of rotatable bonds is 2. The van der Waals surface area contributed by atoms with E-state index in [1.807, 2.05) is 30.3 Å². The fraction of sp³-hybridized carbons (Fsp3) is 0.0833. The highest BCUT2D eigenvalue weighted by atomic mass is 79.9. The van der Waals surface area contributed by atoms with Crippen LogP contribution in [-0.4, -0.2) is 12.1 Å². The van der Waals surface area contributed by atoms with E-state index in [2.05, 4.69) is 20.9 Å². The highest BCUT2D eigenvalue weighted by Gasteiger charge is 2.02. The van der Waals surface area contributed by atoms with Crippen molar-refractivity contribution in [2.75, 3.05) is 7.11 Å². The molecular weight excluding hydrogens is 254 g/mol. The SMILES string of the molecule is COc1cc(-c2ccncc2)ccc1Br. The van der Waals surface area contributed by atoms with Crippen LogP contribution in [0.1, 0.15) is 0 Å². The minimum atomic E-state index is 0.837. The molecule has 3 heteroatoms. The van der Waals surface area contributed by atoms with Crippen LogP contribution in [-0.2, 0) is 0 Å². The largest absolute Gasteiger partial charge is 0.496 e. The van der Waals surface area contributed by atoms with Crippen LogP contribution in [0.4, 0.5) is 0 Å². The maximum absolute atomic E-state index is 5.24. The number of benzene rings is 1. The average molecular weight is 264 g/mol. The van der Waals surface area contributed by atoms with Gasteiger partial charge in [-0.2, -0.15) is 0 Å². The number of nitrogens with zero attached hydrogens (tertiary/aromatic N) is 1. The van der Waals surface area contributed by atoms with Crippen LogP contribution >= 0.6 is 15.9 Å². The summed E-state index contributed by atoms with van der Waals surface area (Å²) in [5.41, 5.74) is 2.26. The molecule has 0 aliphatic heterocycles. The van der Waals surface area contributed by atoms with Crippen LogP contribution in [0.3, 0.4) is 0 Å². The minimum absolute atomic E-state index is 0.837. The molecule has 0 aliphatic carbocycles. The molecule has 0 amide bonds.